The predicted molar refractivity (Wildman–Crippen MR) is 79.0 cm³/mol. The normalized spacial score (nSPS) is 16.2. The lowest BCUT2D eigenvalue weighted by molar-refractivity contribution is -0.130. The van der Waals surface area contributed by atoms with E-state index >= 15 is 0 Å². The summed E-state index contributed by atoms with van der Waals surface area (Å²) in [6, 6.07) is 1.90. The number of furan rings is 1. The van der Waals surface area contributed by atoms with Crippen LogP contribution in [0, 0.1) is 13.8 Å². The molecule has 0 bridgehead atoms. The Balaban J connectivity index is 1.63. The first-order valence-corrected chi connectivity index (χ1v) is 7.40. The van der Waals surface area contributed by atoms with Gasteiger partial charge in [0.15, 0.2) is 0 Å². The lowest BCUT2D eigenvalue weighted by atomic mass is 10.2. The van der Waals surface area contributed by atoms with Crippen LogP contribution < -0.4 is 0 Å². The van der Waals surface area contributed by atoms with Gasteiger partial charge in [0.2, 0.25) is 11.8 Å². The maximum atomic E-state index is 11.3. The van der Waals surface area contributed by atoms with E-state index in [1.165, 1.54) is 0 Å². The average Bonchev–Trinajstić information content (AvgIpc) is 3.06. The number of carbonyl (C=O) groups excluding carboxylic acids is 1. The van der Waals surface area contributed by atoms with Crippen molar-refractivity contribution in [1.29, 1.82) is 0 Å². The maximum absolute atomic E-state index is 11.3. The van der Waals surface area contributed by atoms with Crippen LogP contribution >= 0.6 is 0 Å². The standard InChI is InChI=1S/C15H20N4O3/c1-10-8-13(11(2)21-10)15-17-16-14(22-15)9-18-4-6-19(7-5-18)12(3)20/h8H,4-7,9H2,1-3H3. The summed E-state index contributed by atoms with van der Waals surface area (Å²) in [6.45, 7) is 9.12. The highest BCUT2D eigenvalue weighted by Crippen LogP contribution is 2.25. The summed E-state index contributed by atoms with van der Waals surface area (Å²) in [6.07, 6.45) is 0. The molecule has 0 atom stereocenters. The van der Waals surface area contributed by atoms with Gasteiger partial charge in [-0.1, -0.05) is 0 Å². The maximum Gasteiger partial charge on any atom is 0.251 e. The number of carbonyl (C=O) groups is 1. The van der Waals surface area contributed by atoms with Crippen LogP contribution in [0.25, 0.3) is 11.5 Å². The van der Waals surface area contributed by atoms with Crippen molar-refractivity contribution in [2.24, 2.45) is 0 Å². The van der Waals surface area contributed by atoms with Gasteiger partial charge < -0.3 is 13.7 Å². The topological polar surface area (TPSA) is 75.6 Å². The lowest BCUT2D eigenvalue weighted by Gasteiger charge is -2.33. The lowest BCUT2D eigenvalue weighted by Crippen LogP contribution is -2.47. The van der Waals surface area contributed by atoms with Crippen LogP contribution in [0.3, 0.4) is 0 Å². The molecule has 0 saturated carbocycles. The molecule has 1 amide bonds. The Morgan fingerprint density at radius 3 is 2.50 bits per heavy atom. The molecule has 7 nitrogen and oxygen atoms in total. The molecule has 3 rings (SSSR count). The minimum atomic E-state index is 0.130. The predicted octanol–water partition coefficient (Wildman–Crippen LogP) is 1.61. The number of hydrogen-bond acceptors (Lipinski definition) is 6. The second kappa shape index (κ2) is 5.92. The van der Waals surface area contributed by atoms with E-state index in [4.69, 9.17) is 8.83 Å². The number of piperazine rings is 1. The van der Waals surface area contributed by atoms with E-state index in [0.717, 1.165) is 43.3 Å². The van der Waals surface area contributed by atoms with Crippen molar-refractivity contribution >= 4 is 5.91 Å². The van der Waals surface area contributed by atoms with E-state index < -0.39 is 0 Å². The highest BCUT2D eigenvalue weighted by molar-refractivity contribution is 5.73. The zero-order valence-electron chi connectivity index (χ0n) is 13.1. The largest absolute Gasteiger partial charge is 0.466 e. The molecule has 0 aliphatic carbocycles. The molecule has 2 aromatic heterocycles. The van der Waals surface area contributed by atoms with Crippen molar-refractivity contribution in [3.63, 3.8) is 0 Å². The van der Waals surface area contributed by atoms with Crippen LogP contribution in [0.15, 0.2) is 14.9 Å². The number of nitrogens with zero attached hydrogens (tertiary/aromatic N) is 4. The summed E-state index contributed by atoms with van der Waals surface area (Å²) in [5.74, 6) is 2.82. The van der Waals surface area contributed by atoms with Gasteiger partial charge in [-0.2, -0.15) is 0 Å². The van der Waals surface area contributed by atoms with Gasteiger partial charge in [-0.3, -0.25) is 9.69 Å². The Morgan fingerprint density at radius 1 is 1.18 bits per heavy atom. The fourth-order valence-corrected chi connectivity index (χ4v) is 2.68. The van der Waals surface area contributed by atoms with E-state index in [1.54, 1.807) is 6.92 Å². The summed E-state index contributed by atoms with van der Waals surface area (Å²) in [4.78, 5) is 15.4. The SMILES string of the molecule is CC(=O)N1CCN(Cc2nnc(-c3cc(C)oc3C)o2)CC1. The minimum Gasteiger partial charge on any atom is -0.466 e. The van der Waals surface area contributed by atoms with Crippen molar-refractivity contribution in [2.45, 2.75) is 27.3 Å². The molecule has 2 aromatic rings. The first-order valence-electron chi connectivity index (χ1n) is 7.40. The fourth-order valence-electron chi connectivity index (χ4n) is 2.68. The molecule has 1 saturated heterocycles. The second-order valence-corrected chi connectivity index (χ2v) is 5.61. The fraction of sp³-hybridized carbons (Fsp3) is 0.533. The molecular formula is C15H20N4O3. The van der Waals surface area contributed by atoms with E-state index in [-0.39, 0.29) is 5.91 Å². The number of aryl methyl sites for hydroxylation is 2. The Morgan fingerprint density at radius 2 is 1.91 bits per heavy atom. The Hall–Kier alpha value is -2.15. The third-order valence-electron chi connectivity index (χ3n) is 3.91. The molecule has 0 unspecified atom stereocenters. The molecule has 1 fully saturated rings. The molecule has 0 spiro atoms. The molecular weight excluding hydrogens is 284 g/mol. The first kappa shape index (κ1) is 14.8. The van der Waals surface area contributed by atoms with Gasteiger partial charge in [0.05, 0.1) is 12.1 Å². The van der Waals surface area contributed by atoms with Gasteiger partial charge in [-0.15, -0.1) is 10.2 Å². The monoisotopic (exact) mass is 304 g/mol. The summed E-state index contributed by atoms with van der Waals surface area (Å²) in [7, 11) is 0. The summed E-state index contributed by atoms with van der Waals surface area (Å²) < 4.78 is 11.2. The van der Waals surface area contributed by atoms with E-state index in [1.807, 2.05) is 24.8 Å². The van der Waals surface area contributed by atoms with Gasteiger partial charge in [0, 0.05) is 33.1 Å². The minimum absolute atomic E-state index is 0.130. The van der Waals surface area contributed by atoms with E-state index in [0.29, 0.717) is 18.3 Å². The number of aromatic nitrogens is 2. The zero-order valence-corrected chi connectivity index (χ0v) is 13.1. The molecule has 0 N–H and O–H groups in total. The molecule has 0 radical (unpaired) electrons. The number of amides is 1. The molecule has 1 aliphatic heterocycles. The second-order valence-electron chi connectivity index (χ2n) is 5.61. The van der Waals surface area contributed by atoms with Crippen molar-refractivity contribution in [1.82, 2.24) is 20.0 Å². The van der Waals surface area contributed by atoms with Gasteiger partial charge in [-0.05, 0) is 19.9 Å². The molecule has 118 valence electrons. The van der Waals surface area contributed by atoms with Gasteiger partial charge in [0.25, 0.3) is 5.89 Å². The smallest absolute Gasteiger partial charge is 0.251 e. The summed E-state index contributed by atoms with van der Waals surface area (Å²) in [5, 5.41) is 8.21. The highest BCUT2D eigenvalue weighted by atomic mass is 16.4. The Kier molecular flexibility index (Phi) is 3.98. The third-order valence-corrected chi connectivity index (χ3v) is 3.91. The quantitative estimate of drug-likeness (QED) is 0.857. The Bertz CT molecular complexity index is 668. The van der Waals surface area contributed by atoms with E-state index in [2.05, 4.69) is 15.1 Å². The van der Waals surface area contributed by atoms with Crippen molar-refractivity contribution in [2.75, 3.05) is 26.2 Å². The molecule has 22 heavy (non-hydrogen) atoms. The Labute approximate surface area is 128 Å². The summed E-state index contributed by atoms with van der Waals surface area (Å²) in [5.41, 5.74) is 0.845. The highest BCUT2D eigenvalue weighted by Gasteiger charge is 2.21. The van der Waals surface area contributed by atoms with Gasteiger partial charge in [-0.25, -0.2) is 0 Å². The molecule has 3 heterocycles. The number of rotatable bonds is 3. The van der Waals surface area contributed by atoms with Crippen LogP contribution in [0.2, 0.25) is 0 Å². The van der Waals surface area contributed by atoms with Crippen LogP contribution in [-0.4, -0.2) is 52.1 Å². The molecule has 0 aromatic carbocycles. The first-order chi connectivity index (χ1) is 10.5. The zero-order chi connectivity index (χ0) is 15.7. The van der Waals surface area contributed by atoms with Crippen LogP contribution in [0.4, 0.5) is 0 Å². The van der Waals surface area contributed by atoms with Crippen LogP contribution in [0.1, 0.15) is 24.3 Å². The summed E-state index contributed by atoms with van der Waals surface area (Å²) >= 11 is 0. The van der Waals surface area contributed by atoms with Crippen molar-refractivity contribution < 1.29 is 13.6 Å². The number of hydrogen-bond donors (Lipinski definition) is 0. The van der Waals surface area contributed by atoms with Crippen LogP contribution in [-0.2, 0) is 11.3 Å². The molecule has 1 aliphatic rings. The van der Waals surface area contributed by atoms with Crippen molar-refractivity contribution in [3.05, 3.63) is 23.5 Å². The van der Waals surface area contributed by atoms with Crippen LogP contribution in [0.5, 0.6) is 0 Å². The molecule has 7 heteroatoms. The third kappa shape index (κ3) is 3.04. The van der Waals surface area contributed by atoms with E-state index in [9.17, 15) is 4.79 Å². The van der Waals surface area contributed by atoms with Gasteiger partial charge in [0.1, 0.15) is 11.5 Å². The average molecular weight is 304 g/mol. The van der Waals surface area contributed by atoms with Crippen molar-refractivity contribution in [3.8, 4) is 11.5 Å². The van der Waals surface area contributed by atoms with Gasteiger partial charge >= 0.3 is 0 Å².